The zero-order valence-electron chi connectivity index (χ0n) is 8.68. The fourth-order valence-corrected chi connectivity index (χ4v) is 2.92. The number of hydrogen-bond acceptors (Lipinski definition) is 1. The second-order valence-corrected chi connectivity index (χ2v) is 4.95. The first-order valence-electron chi connectivity index (χ1n) is 4.95. The van der Waals surface area contributed by atoms with E-state index in [2.05, 4.69) is 20.8 Å². The van der Waals surface area contributed by atoms with Crippen molar-refractivity contribution in [2.24, 2.45) is 17.3 Å². The van der Waals surface area contributed by atoms with Crippen LogP contribution < -0.4 is 0 Å². The van der Waals surface area contributed by atoms with Gasteiger partial charge in [-0.25, -0.2) is 0 Å². The molecule has 1 saturated carbocycles. The Kier molecular flexibility index (Phi) is 2.60. The first-order chi connectivity index (χ1) is 5.45. The minimum atomic E-state index is 0.240. The van der Waals surface area contributed by atoms with Crippen LogP contribution in [0.25, 0.3) is 0 Å². The molecule has 0 N–H and O–H groups in total. The van der Waals surface area contributed by atoms with E-state index < -0.39 is 0 Å². The Labute approximate surface area is 75.5 Å². The number of ketones is 1. The normalized spacial score (nSPS) is 34.7. The molecule has 1 aliphatic rings. The highest BCUT2D eigenvalue weighted by molar-refractivity contribution is 5.79. The molecule has 1 nitrogen and oxygen atoms in total. The SMILES string of the molecule is CC(=O)[C@H]1[C@H](C)CCCC1(C)C. The molecule has 0 amide bonds. The van der Waals surface area contributed by atoms with E-state index in [4.69, 9.17) is 0 Å². The lowest BCUT2D eigenvalue weighted by atomic mass is 9.63. The molecule has 0 aliphatic heterocycles. The van der Waals surface area contributed by atoms with Crippen LogP contribution in [-0.2, 0) is 4.79 Å². The summed E-state index contributed by atoms with van der Waals surface area (Å²) in [6, 6.07) is 0. The second kappa shape index (κ2) is 3.20. The molecule has 12 heavy (non-hydrogen) atoms. The lowest BCUT2D eigenvalue weighted by Crippen LogP contribution is -2.38. The van der Waals surface area contributed by atoms with E-state index in [9.17, 15) is 4.79 Å². The van der Waals surface area contributed by atoms with Crippen molar-refractivity contribution in [1.29, 1.82) is 0 Å². The Bertz CT molecular complexity index is 181. The molecule has 0 spiro atoms. The third-order valence-corrected chi connectivity index (χ3v) is 3.33. The van der Waals surface area contributed by atoms with E-state index in [1.807, 2.05) is 0 Å². The highest BCUT2D eigenvalue weighted by Crippen LogP contribution is 2.44. The van der Waals surface area contributed by atoms with Crippen LogP contribution in [-0.4, -0.2) is 5.78 Å². The average Bonchev–Trinajstić information content (AvgIpc) is 1.82. The van der Waals surface area contributed by atoms with Crippen molar-refractivity contribution >= 4 is 5.78 Å². The maximum Gasteiger partial charge on any atom is 0.133 e. The van der Waals surface area contributed by atoms with Gasteiger partial charge in [0, 0.05) is 5.92 Å². The van der Waals surface area contributed by atoms with Crippen LogP contribution >= 0.6 is 0 Å². The molecule has 0 aromatic heterocycles. The maximum atomic E-state index is 11.4. The molecule has 1 aliphatic carbocycles. The Hall–Kier alpha value is -0.330. The zero-order valence-corrected chi connectivity index (χ0v) is 8.68. The first-order valence-corrected chi connectivity index (χ1v) is 4.95. The van der Waals surface area contributed by atoms with E-state index in [1.165, 1.54) is 19.3 Å². The average molecular weight is 168 g/mol. The van der Waals surface area contributed by atoms with Gasteiger partial charge in [0.2, 0.25) is 0 Å². The molecule has 1 heteroatoms. The maximum absolute atomic E-state index is 11.4. The first kappa shape index (κ1) is 9.76. The molecule has 0 saturated heterocycles. The molecule has 0 aromatic carbocycles. The minimum Gasteiger partial charge on any atom is -0.300 e. The van der Waals surface area contributed by atoms with Crippen LogP contribution in [0, 0.1) is 17.3 Å². The molecule has 0 aromatic rings. The Balaban J connectivity index is 2.81. The third-order valence-electron chi connectivity index (χ3n) is 3.33. The molecule has 1 rings (SSSR count). The Morgan fingerprint density at radius 1 is 1.42 bits per heavy atom. The van der Waals surface area contributed by atoms with Crippen LogP contribution in [0.15, 0.2) is 0 Å². The van der Waals surface area contributed by atoms with Crippen molar-refractivity contribution in [3.8, 4) is 0 Å². The molecule has 0 unspecified atom stereocenters. The zero-order chi connectivity index (χ0) is 9.35. The summed E-state index contributed by atoms with van der Waals surface area (Å²) in [5.74, 6) is 1.27. The molecule has 0 radical (unpaired) electrons. The number of Topliss-reactive ketones (excluding diaryl/α,β-unsaturated/α-hetero) is 1. The van der Waals surface area contributed by atoms with Crippen molar-refractivity contribution in [2.75, 3.05) is 0 Å². The minimum absolute atomic E-state index is 0.240. The molecule has 1 fully saturated rings. The molecule has 2 atom stereocenters. The van der Waals surface area contributed by atoms with Crippen molar-refractivity contribution in [3.05, 3.63) is 0 Å². The van der Waals surface area contributed by atoms with E-state index in [-0.39, 0.29) is 5.41 Å². The van der Waals surface area contributed by atoms with Crippen molar-refractivity contribution in [1.82, 2.24) is 0 Å². The van der Waals surface area contributed by atoms with Gasteiger partial charge in [0.1, 0.15) is 5.78 Å². The number of hydrogen-bond donors (Lipinski definition) is 0. The van der Waals surface area contributed by atoms with Crippen LogP contribution in [0.5, 0.6) is 0 Å². The van der Waals surface area contributed by atoms with Crippen molar-refractivity contribution < 1.29 is 4.79 Å². The Morgan fingerprint density at radius 3 is 2.33 bits per heavy atom. The highest BCUT2D eigenvalue weighted by Gasteiger charge is 2.39. The Morgan fingerprint density at radius 2 is 2.00 bits per heavy atom. The summed E-state index contributed by atoms with van der Waals surface area (Å²) < 4.78 is 0. The summed E-state index contributed by atoms with van der Waals surface area (Å²) in [4.78, 5) is 11.4. The van der Waals surface area contributed by atoms with Crippen molar-refractivity contribution in [2.45, 2.75) is 47.0 Å². The van der Waals surface area contributed by atoms with E-state index in [1.54, 1.807) is 6.92 Å². The lowest BCUT2D eigenvalue weighted by Gasteiger charge is -2.41. The summed E-state index contributed by atoms with van der Waals surface area (Å²) in [6.07, 6.45) is 3.73. The van der Waals surface area contributed by atoms with Gasteiger partial charge in [-0.3, -0.25) is 4.79 Å². The van der Waals surface area contributed by atoms with Gasteiger partial charge in [-0.05, 0) is 31.1 Å². The largest absolute Gasteiger partial charge is 0.300 e. The van der Waals surface area contributed by atoms with E-state index in [0.29, 0.717) is 17.6 Å². The van der Waals surface area contributed by atoms with Crippen LogP contribution in [0.3, 0.4) is 0 Å². The van der Waals surface area contributed by atoms with Crippen molar-refractivity contribution in [3.63, 3.8) is 0 Å². The summed E-state index contributed by atoms with van der Waals surface area (Å²) in [7, 11) is 0. The summed E-state index contributed by atoms with van der Waals surface area (Å²) in [6.45, 7) is 8.42. The highest BCUT2D eigenvalue weighted by atomic mass is 16.1. The predicted octanol–water partition coefficient (Wildman–Crippen LogP) is 3.04. The quantitative estimate of drug-likeness (QED) is 0.588. The molecular weight excluding hydrogens is 148 g/mol. The lowest BCUT2D eigenvalue weighted by molar-refractivity contribution is -0.128. The van der Waals surface area contributed by atoms with Gasteiger partial charge in [0.05, 0.1) is 0 Å². The van der Waals surface area contributed by atoms with Gasteiger partial charge < -0.3 is 0 Å². The number of rotatable bonds is 1. The van der Waals surface area contributed by atoms with E-state index in [0.717, 1.165) is 0 Å². The molecular formula is C11H20O. The predicted molar refractivity (Wildman–Crippen MR) is 51.0 cm³/mol. The van der Waals surface area contributed by atoms with Gasteiger partial charge >= 0.3 is 0 Å². The fraction of sp³-hybridized carbons (Fsp3) is 0.909. The summed E-state index contributed by atoms with van der Waals surface area (Å²) >= 11 is 0. The second-order valence-electron chi connectivity index (χ2n) is 4.95. The van der Waals surface area contributed by atoms with Gasteiger partial charge in [0.25, 0.3) is 0 Å². The van der Waals surface area contributed by atoms with Gasteiger partial charge in [-0.2, -0.15) is 0 Å². The van der Waals surface area contributed by atoms with E-state index >= 15 is 0 Å². The molecule has 70 valence electrons. The summed E-state index contributed by atoms with van der Waals surface area (Å²) in [5.41, 5.74) is 0.240. The number of carbonyl (C=O) groups excluding carboxylic acids is 1. The molecule has 0 bridgehead atoms. The summed E-state index contributed by atoms with van der Waals surface area (Å²) in [5, 5.41) is 0. The third kappa shape index (κ3) is 1.70. The standard InChI is InChI=1S/C11H20O/c1-8-6-5-7-11(3,4)10(8)9(2)12/h8,10H,5-7H2,1-4H3/t8-,10-/m1/s1. The van der Waals surface area contributed by atoms with Crippen LogP contribution in [0.4, 0.5) is 0 Å². The topological polar surface area (TPSA) is 17.1 Å². The smallest absolute Gasteiger partial charge is 0.133 e. The van der Waals surface area contributed by atoms with Crippen LogP contribution in [0.2, 0.25) is 0 Å². The number of carbonyl (C=O) groups is 1. The molecule has 0 heterocycles. The monoisotopic (exact) mass is 168 g/mol. The fourth-order valence-electron chi connectivity index (χ4n) is 2.92. The van der Waals surface area contributed by atoms with Gasteiger partial charge in [0.15, 0.2) is 0 Å². The van der Waals surface area contributed by atoms with Crippen LogP contribution in [0.1, 0.15) is 47.0 Å². The van der Waals surface area contributed by atoms with Gasteiger partial charge in [-0.1, -0.05) is 27.2 Å². The van der Waals surface area contributed by atoms with Gasteiger partial charge in [-0.15, -0.1) is 0 Å².